The standard InChI is InChI=1S/C24H49.C19H36.C7H16N2.C7H12NS.C2H6.CH3.Cr/c1-4-6-8-10-12-14-15-17-19-21-23-24(3)22-20-18-16-13-11-9-7-5-2;1-3-5-7-9-11-13-15-17-19-18-16-14-12-10-8-6-4-2;1-8-7-3-5-9(2)6-4-7;1-3-7(8)5-6-9-4-2;1-2;;/h24H,3-23H2,1-2H3;3,18-19H,1,4-17H2,2H3;7-8H,3-6H2,1-2H3;1,7H,2,4-6,8H2;1-2H3;1H3;/q-1;;;-1;;-1;+3/b;19-18-;;;;;. The van der Waals surface area contributed by atoms with Crippen LogP contribution in [0.2, 0.25) is 0 Å². The van der Waals surface area contributed by atoms with E-state index in [0.29, 0.717) is 0 Å². The molecule has 1 saturated heterocycles. The summed E-state index contributed by atoms with van der Waals surface area (Å²) >= 11 is 1.77. The van der Waals surface area contributed by atoms with Gasteiger partial charge in [0.15, 0.2) is 0 Å². The van der Waals surface area contributed by atoms with Gasteiger partial charge in [0.2, 0.25) is 0 Å². The Morgan fingerprint density at radius 1 is 0.646 bits per heavy atom. The van der Waals surface area contributed by atoms with Gasteiger partial charge in [0.1, 0.15) is 0 Å². The van der Waals surface area contributed by atoms with Gasteiger partial charge in [-0.05, 0) is 90.7 Å². The molecule has 0 aromatic rings. The van der Waals surface area contributed by atoms with Crippen LogP contribution in [-0.4, -0.2) is 55.7 Å². The maximum atomic E-state index is 5.44. The van der Waals surface area contributed by atoms with Crippen LogP contribution in [-0.2, 0) is 17.4 Å². The largest absolute Gasteiger partial charge is 3.00 e. The number of hydrogen-bond acceptors (Lipinski definition) is 4. The molecule has 0 aromatic heterocycles. The van der Waals surface area contributed by atoms with Crippen molar-refractivity contribution < 1.29 is 17.4 Å². The zero-order chi connectivity index (χ0) is 47.5. The summed E-state index contributed by atoms with van der Waals surface area (Å²) in [6, 6.07) is 0.713. The zero-order valence-electron chi connectivity index (χ0n) is 46.0. The minimum absolute atomic E-state index is 0. The fraction of sp³-hybridized carbons (Fsp3) is 0.850. The van der Waals surface area contributed by atoms with Gasteiger partial charge < -0.3 is 37.2 Å². The third-order valence-corrected chi connectivity index (χ3v) is 13.0. The second kappa shape index (κ2) is 72.8. The second-order valence-corrected chi connectivity index (χ2v) is 19.5. The van der Waals surface area contributed by atoms with E-state index in [-0.39, 0.29) is 30.8 Å². The maximum Gasteiger partial charge on any atom is 3.00 e. The summed E-state index contributed by atoms with van der Waals surface area (Å²) in [5.41, 5.74) is 5.44. The maximum absolute atomic E-state index is 5.44. The van der Waals surface area contributed by atoms with Crippen molar-refractivity contribution in [1.82, 2.24) is 10.2 Å². The summed E-state index contributed by atoms with van der Waals surface area (Å²) in [4.78, 5) is 2.38. The smallest absolute Gasteiger partial charge is 0.358 e. The molecule has 5 heteroatoms. The van der Waals surface area contributed by atoms with Crippen molar-refractivity contribution in [2.45, 2.75) is 284 Å². The average molecular weight is 970 g/mol. The van der Waals surface area contributed by atoms with Gasteiger partial charge in [-0.3, -0.25) is 0 Å². The van der Waals surface area contributed by atoms with E-state index >= 15 is 0 Å². The number of terminal acetylenes is 1. The van der Waals surface area contributed by atoms with Gasteiger partial charge in [-0.25, -0.2) is 0 Å². The molecule has 0 aliphatic carbocycles. The molecule has 2 unspecified atom stereocenters. The summed E-state index contributed by atoms with van der Waals surface area (Å²) in [7, 11) is 4.24. The minimum atomic E-state index is -0.0657. The minimum Gasteiger partial charge on any atom is -0.358 e. The van der Waals surface area contributed by atoms with Crippen molar-refractivity contribution in [3.63, 3.8) is 0 Å². The van der Waals surface area contributed by atoms with Crippen LogP contribution >= 0.6 is 11.8 Å². The van der Waals surface area contributed by atoms with Gasteiger partial charge in [0.25, 0.3) is 0 Å². The van der Waals surface area contributed by atoms with E-state index in [1.165, 1.54) is 244 Å². The Balaban J connectivity index is -0.000000188. The zero-order valence-corrected chi connectivity index (χ0v) is 48.1. The molecular formula is C60H122CrN3S. The predicted molar refractivity (Wildman–Crippen MR) is 304 cm³/mol. The molecule has 0 spiro atoms. The molecule has 1 aliphatic rings. The third-order valence-electron chi connectivity index (χ3n) is 12.2. The van der Waals surface area contributed by atoms with E-state index < -0.39 is 0 Å². The van der Waals surface area contributed by atoms with E-state index in [1.807, 2.05) is 19.9 Å². The number of piperidine rings is 1. The Morgan fingerprint density at radius 2 is 0.985 bits per heavy atom. The molecule has 1 radical (unpaired) electrons. The number of likely N-dealkylation sites (tertiary alicyclic amines) is 1. The quantitative estimate of drug-likeness (QED) is 0.0278. The Kier molecular flexibility index (Phi) is 85.4. The van der Waals surface area contributed by atoms with Gasteiger partial charge in [-0.2, -0.15) is 17.7 Å². The molecule has 0 aromatic carbocycles. The molecule has 0 bridgehead atoms. The number of nitrogens with zero attached hydrogens (tertiary/aromatic N) is 1. The first-order valence-electron chi connectivity index (χ1n) is 27.9. The Labute approximate surface area is 430 Å². The number of nitrogens with two attached hydrogens (primary N) is 1. The van der Waals surface area contributed by atoms with Crippen LogP contribution < -0.4 is 11.1 Å². The van der Waals surface area contributed by atoms with Crippen molar-refractivity contribution in [2.75, 3.05) is 38.7 Å². The molecule has 0 amide bonds. The molecular weight excluding hydrogens is 847 g/mol. The van der Waals surface area contributed by atoms with E-state index in [2.05, 4.69) is 83.6 Å². The molecule has 1 rings (SSSR count). The number of hydrogen-bond donors (Lipinski definition) is 2. The second-order valence-electron chi connectivity index (χ2n) is 18.3. The van der Waals surface area contributed by atoms with E-state index in [1.54, 1.807) is 11.8 Å². The number of thioether (sulfide) groups is 1. The summed E-state index contributed by atoms with van der Waals surface area (Å²) in [6.07, 6.45) is 63.2. The number of rotatable bonds is 40. The van der Waals surface area contributed by atoms with Crippen LogP contribution in [0.25, 0.3) is 0 Å². The first-order chi connectivity index (χ1) is 30.9. The number of nitrogens with one attached hydrogen (secondary N) is 1. The fourth-order valence-corrected chi connectivity index (χ4v) is 8.31. The molecule has 0 saturated carbocycles. The number of allylic oxidation sites excluding steroid dienone is 3. The fourth-order valence-electron chi connectivity index (χ4n) is 7.68. The molecule has 65 heavy (non-hydrogen) atoms. The van der Waals surface area contributed by atoms with Crippen molar-refractivity contribution >= 4 is 11.8 Å². The van der Waals surface area contributed by atoms with Crippen molar-refractivity contribution in [3.8, 4) is 12.3 Å². The molecule has 3 N–H and O–H groups in total. The van der Waals surface area contributed by atoms with Crippen molar-refractivity contribution in [2.24, 2.45) is 11.7 Å². The first kappa shape index (κ1) is 76.3. The van der Waals surface area contributed by atoms with Crippen LogP contribution in [0, 0.1) is 39.5 Å². The van der Waals surface area contributed by atoms with E-state index in [9.17, 15) is 0 Å². The van der Waals surface area contributed by atoms with Crippen molar-refractivity contribution in [3.05, 3.63) is 46.1 Å². The summed E-state index contributed by atoms with van der Waals surface area (Å²) in [5.74, 6) is 5.11. The first-order valence-corrected chi connectivity index (χ1v) is 29.0. The van der Waals surface area contributed by atoms with Crippen LogP contribution in [0.5, 0.6) is 0 Å². The van der Waals surface area contributed by atoms with Crippen LogP contribution in [0.1, 0.15) is 272 Å². The Morgan fingerprint density at radius 3 is 1.31 bits per heavy atom. The molecule has 2 atom stereocenters. The molecule has 1 aliphatic heterocycles. The molecule has 389 valence electrons. The van der Waals surface area contributed by atoms with Gasteiger partial charge >= 0.3 is 17.4 Å². The monoisotopic (exact) mass is 969 g/mol. The Hall–Kier alpha value is -0.198. The van der Waals surface area contributed by atoms with Gasteiger partial charge in [0, 0.05) is 6.04 Å². The molecule has 3 nitrogen and oxygen atoms in total. The number of unbranched alkanes of at least 4 members (excludes halogenated alkanes) is 28. The van der Waals surface area contributed by atoms with E-state index in [0.717, 1.165) is 29.9 Å². The van der Waals surface area contributed by atoms with Crippen LogP contribution in [0.4, 0.5) is 0 Å². The topological polar surface area (TPSA) is 41.3 Å². The summed E-state index contributed by atoms with van der Waals surface area (Å²) < 4.78 is 0. The summed E-state index contributed by atoms with van der Waals surface area (Å²) in [5, 5.41) is 3.30. The van der Waals surface area contributed by atoms with E-state index in [4.69, 9.17) is 12.2 Å². The van der Waals surface area contributed by atoms with Gasteiger partial charge in [-0.1, -0.05) is 239 Å². The average Bonchev–Trinajstić information content (AvgIpc) is 3.30. The normalized spacial score (nSPS) is 13.2. The van der Waals surface area contributed by atoms with Crippen LogP contribution in [0.15, 0.2) is 24.8 Å². The van der Waals surface area contributed by atoms with Gasteiger partial charge in [-0.15, -0.1) is 18.8 Å². The molecule has 1 heterocycles. The Bertz CT molecular complexity index is 852. The van der Waals surface area contributed by atoms with Gasteiger partial charge in [0.05, 0.1) is 6.04 Å². The summed E-state index contributed by atoms with van der Waals surface area (Å²) in [6.45, 7) is 25.2. The van der Waals surface area contributed by atoms with Crippen LogP contribution in [0.3, 0.4) is 0 Å². The van der Waals surface area contributed by atoms with Crippen molar-refractivity contribution in [1.29, 1.82) is 0 Å². The molecule has 1 fully saturated rings. The third kappa shape index (κ3) is 75.5. The predicted octanol–water partition coefficient (Wildman–Crippen LogP) is 19.2. The SMILES string of the molecule is C#CC(N)CCSC[CH2-].C=CCCCCCCC/C=C\CCCCCCCC.CC.CNC1CCN(C)CC1.[CH2-]C(CCCCCCCCCC)CCCCCCCCCCCC.[CH3-].[Cr+3].